The molecule has 30 heavy (non-hydrogen) atoms. The molecule has 0 radical (unpaired) electrons. The van der Waals surface area contributed by atoms with Gasteiger partial charge in [0.25, 0.3) is 0 Å². The highest BCUT2D eigenvalue weighted by Crippen LogP contribution is 2.17. The second-order valence-electron chi connectivity index (χ2n) is 6.80. The van der Waals surface area contributed by atoms with Gasteiger partial charge in [0.2, 0.25) is 0 Å². The van der Waals surface area contributed by atoms with Gasteiger partial charge in [0.05, 0.1) is 33.1 Å². The highest BCUT2D eigenvalue weighted by atomic mass is 32.2. The molecule has 0 aliphatic rings. The summed E-state index contributed by atoms with van der Waals surface area (Å²) < 4.78 is 49.2. The Morgan fingerprint density at radius 1 is 0.667 bits per heavy atom. The molecule has 2 aromatic carbocycles. The summed E-state index contributed by atoms with van der Waals surface area (Å²) in [7, 11) is -7.47. The molecule has 0 amide bonds. The van der Waals surface area contributed by atoms with Gasteiger partial charge in [-0.3, -0.25) is 0 Å². The van der Waals surface area contributed by atoms with Crippen LogP contribution >= 0.6 is 0 Å². The number of carbonyl (C=O) groups excluding carboxylic acids is 2. The van der Waals surface area contributed by atoms with Crippen LogP contribution in [0.4, 0.5) is 0 Å². The summed E-state index contributed by atoms with van der Waals surface area (Å²) in [6.07, 6.45) is 0. The molecule has 0 aliphatic heterocycles. The second-order valence-corrected chi connectivity index (χ2v) is 10.9. The van der Waals surface area contributed by atoms with Gasteiger partial charge in [0, 0.05) is 0 Å². The average molecular weight is 455 g/mol. The first kappa shape index (κ1) is 23.6. The number of carbonyl (C=O) groups is 2. The van der Waals surface area contributed by atoms with Crippen molar-refractivity contribution in [1.82, 2.24) is 0 Å². The van der Waals surface area contributed by atoms with Crippen LogP contribution in [0.3, 0.4) is 0 Å². The number of sulfone groups is 2. The molecule has 0 fully saturated rings. The van der Waals surface area contributed by atoms with E-state index in [9.17, 15) is 26.4 Å². The van der Waals surface area contributed by atoms with E-state index < -0.39 is 55.0 Å². The Morgan fingerprint density at radius 2 is 0.967 bits per heavy atom. The van der Waals surface area contributed by atoms with Gasteiger partial charge in [-0.1, -0.05) is 50.2 Å². The Hall–Kier alpha value is -2.72. The normalized spacial score (nSPS) is 13.8. The summed E-state index contributed by atoms with van der Waals surface area (Å²) in [5, 5.41) is 0. The smallest absolute Gasteiger partial charge is 0.247 e. The van der Waals surface area contributed by atoms with Gasteiger partial charge in [-0.25, -0.2) is 36.2 Å². The van der Waals surface area contributed by atoms with Gasteiger partial charge in [-0.05, 0) is 24.3 Å². The minimum Gasteiger partial charge on any atom is -0.247 e. The fraction of sp³-hybridized carbons (Fsp3) is 0.300. The predicted octanol–water partition coefficient (Wildman–Crippen LogP) is 2.21. The van der Waals surface area contributed by atoms with E-state index in [0.29, 0.717) is 0 Å². The van der Waals surface area contributed by atoms with Gasteiger partial charge in [0.1, 0.15) is 0 Å². The largest absolute Gasteiger partial charge is 0.359 e. The number of hydrogen-bond donors (Lipinski definition) is 0. The molecule has 8 nitrogen and oxygen atoms in total. The Kier molecular flexibility index (Phi) is 7.74. The summed E-state index contributed by atoms with van der Waals surface area (Å²) in [6.45, 7) is 2.64. The molecule has 2 unspecified atom stereocenters. The van der Waals surface area contributed by atoms with Crippen LogP contribution in [0.15, 0.2) is 70.5 Å². The van der Waals surface area contributed by atoms with Gasteiger partial charge < -0.3 is 0 Å². The lowest BCUT2D eigenvalue weighted by molar-refractivity contribution is -0.263. The van der Waals surface area contributed by atoms with Crippen molar-refractivity contribution in [2.75, 3.05) is 11.5 Å². The number of benzene rings is 2. The van der Waals surface area contributed by atoms with Crippen LogP contribution in [-0.4, -0.2) is 40.3 Å². The van der Waals surface area contributed by atoms with Crippen LogP contribution in [0.2, 0.25) is 0 Å². The van der Waals surface area contributed by atoms with Crippen molar-refractivity contribution in [1.29, 1.82) is 0 Å². The van der Waals surface area contributed by atoms with Crippen molar-refractivity contribution < 1.29 is 36.2 Å². The van der Waals surface area contributed by atoms with Crippen molar-refractivity contribution in [3.63, 3.8) is 0 Å². The van der Waals surface area contributed by atoms with E-state index in [0.717, 1.165) is 0 Å². The Balaban J connectivity index is 1.89. The molecule has 0 saturated heterocycles. The molecule has 2 atom stereocenters. The van der Waals surface area contributed by atoms with E-state index in [1.165, 1.54) is 38.1 Å². The zero-order valence-electron chi connectivity index (χ0n) is 16.4. The molecular weight excluding hydrogens is 432 g/mol. The summed E-state index contributed by atoms with van der Waals surface area (Å²) in [5.74, 6) is -5.39. The zero-order valence-corrected chi connectivity index (χ0v) is 18.1. The minimum atomic E-state index is -3.73. The van der Waals surface area contributed by atoms with Gasteiger partial charge >= 0.3 is 11.9 Å². The first-order valence-electron chi connectivity index (χ1n) is 9.01. The predicted molar refractivity (Wildman–Crippen MR) is 108 cm³/mol. The maximum absolute atomic E-state index is 12.3. The molecule has 0 aliphatic carbocycles. The Morgan fingerprint density at radius 3 is 1.27 bits per heavy atom. The molecule has 0 N–H and O–H groups in total. The molecule has 2 rings (SSSR count). The summed E-state index contributed by atoms with van der Waals surface area (Å²) in [6, 6.07) is 15.2. The third-order valence-electron chi connectivity index (χ3n) is 4.15. The second kappa shape index (κ2) is 9.86. The van der Waals surface area contributed by atoms with Gasteiger partial charge in [-0.2, -0.15) is 0 Å². The van der Waals surface area contributed by atoms with E-state index >= 15 is 0 Å². The Labute approximate surface area is 175 Å². The maximum Gasteiger partial charge on any atom is 0.359 e. The fourth-order valence-corrected chi connectivity index (χ4v) is 5.61. The average Bonchev–Trinajstić information content (AvgIpc) is 2.72. The Bertz CT molecular complexity index is 989. The van der Waals surface area contributed by atoms with Crippen molar-refractivity contribution in [2.24, 2.45) is 11.8 Å². The topological polar surface area (TPSA) is 121 Å². The summed E-state index contributed by atoms with van der Waals surface area (Å²) in [5.41, 5.74) is 0. The SMILES string of the molecule is CC(CS(=O)(=O)c1ccccc1)C(=O)OOC(=O)C(C)CS(=O)(=O)c1ccccc1. The van der Waals surface area contributed by atoms with Crippen molar-refractivity contribution in [3.05, 3.63) is 60.7 Å². The van der Waals surface area contributed by atoms with Crippen LogP contribution in [0.25, 0.3) is 0 Å². The zero-order chi connectivity index (χ0) is 22.4. The van der Waals surface area contributed by atoms with E-state index in [1.54, 1.807) is 36.4 Å². The van der Waals surface area contributed by atoms with Gasteiger partial charge in [-0.15, -0.1) is 0 Å². The van der Waals surface area contributed by atoms with Crippen LogP contribution < -0.4 is 0 Å². The molecule has 0 spiro atoms. The third-order valence-corrected chi connectivity index (χ3v) is 8.01. The van der Waals surface area contributed by atoms with Crippen LogP contribution in [-0.2, 0) is 39.0 Å². The van der Waals surface area contributed by atoms with Crippen molar-refractivity contribution in [2.45, 2.75) is 23.6 Å². The van der Waals surface area contributed by atoms with E-state index in [1.807, 2.05) is 0 Å². The number of hydrogen-bond acceptors (Lipinski definition) is 8. The van der Waals surface area contributed by atoms with Crippen molar-refractivity contribution in [3.8, 4) is 0 Å². The number of rotatable bonds is 8. The van der Waals surface area contributed by atoms with Crippen LogP contribution in [0.5, 0.6) is 0 Å². The standard InChI is InChI=1S/C20H22O8S2/c1-15(13-29(23,24)17-9-5-3-6-10-17)19(21)27-28-20(22)16(2)14-30(25,26)18-11-7-4-8-12-18/h3-12,15-16H,13-14H2,1-2H3. The quantitative estimate of drug-likeness (QED) is 0.440. The first-order chi connectivity index (χ1) is 14.0. The van der Waals surface area contributed by atoms with Crippen LogP contribution in [0.1, 0.15) is 13.8 Å². The summed E-state index contributed by atoms with van der Waals surface area (Å²) >= 11 is 0. The molecular formula is C20H22O8S2. The lowest BCUT2D eigenvalue weighted by Gasteiger charge is -2.13. The highest BCUT2D eigenvalue weighted by Gasteiger charge is 2.29. The van der Waals surface area contributed by atoms with E-state index in [4.69, 9.17) is 0 Å². The van der Waals surface area contributed by atoms with E-state index in [2.05, 4.69) is 9.78 Å². The van der Waals surface area contributed by atoms with Crippen molar-refractivity contribution >= 4 is 31.6 Å². The molecule has 0 bridgehead atoms. The lowest BCUT2D eigenvalue weighted by Crippen LogP contribution is -2.28. The van der Waals surface area contributed by atoms with E-state index in [-0.39, 0.29) is 9.79 Å². The van der Waals surface area contributed by atoms with Crippen LogP contribution in [0, 0.1) is 11.8 Å². The molecule has 162 valence electrons. The maximum atomic E-state index is 12.3. The molecule has 2 aromatic rings. The highest BCUT2D eigenvalue weighted by molar-refractivity contribution is 7.91. The fourth-order valence-electron chi connectivity index (χ4n) is 2.49. The lowest BCUT2D eigenvalue weighted by atomic mass is 10.2. The third kappa shape index (κ3) is 6.39. The minimum absolute atomic E-state index is 0.0568. The van der Waals surface area contributed by atoms with Gasteiger partial charge in [0.15, 0.2) is 19.7 Å². The first-order valence-corrected chi connectivity index (χ1v) is 12.3. The molecule has 0 heterocycles. The molecule has 10 heteroatoms. The molecule has 0 saturated carbocycles. The molecule has 0 aromatic heterocycles. The summed E-state index contributed by atoms with van der Waals surface area (Å²) in [4.78, 5) is 33.0. The monoisotopic (exact) mass is 454 g/mol.